The molecule has 18 heteroatoms. The number of carbonyl (C=O) groups is 2. The Morgan fingerprint density at radius 3 is 1.65 bits per heavy atom. The van der Waals surface area contributed by atoms with E-state index in [4.69, 9.17) is 14.2 Å². The maximum absolute atomic E-state index is 15.4. The van der Waals surface area contributed by atoms with Crippen molar-refractivity contribution in [3.05, 3.63) is 24.3 Å². The maximum atomic E-state index is 15.4. The Morgan fingerprint density at radius 1 is 0.712 bits per heavy atom. The normalized spacial score (nSPS) is 32.6. The summed E-state index contributed by atoms with van der Waals surface area (Å²) in [7, 11) is 0. The molecular weight excluding hydrogens is 732 g/mol. The topological polar surface area (TPSA) is 82.1 Å². The molecule has 4 bridgehead atoms. The first-order valence-corrected chi connectivity index (χ1v) is 16.8. The van der Waals surface area contributed by atoms with Crippen LogP contribution in [0, 0.1) is 40.9 Å². The third kappa shape index (κ3) is 7.07. The Labute approximate surface area is 292 Å². The molecule has 0 saturated heterocycles. The molecule has 298 valence electrons. The molecule has 10 atom stereocenters. The average Bonchev–Trinajstić information content (AvgIpc) is 3.59. The van der Waals surface area contributed by atoms with Crippen LogP contribution >= 0.6 is 0 Å². The number of rotatable bonds is 10. The summed E-state index contributed by atoms with van der Waals surface area (Å²) in [6.07, 6.45) is -36.1. The first-order valence-electron chi connectivity index (χ1n) is 16.8. The highest BCUT2D eigenvalue weighted by molar-refractivity contribution is 5.87. The zero-order valence-corrected chi connectivity index (χ0v) is 28.8. The molecule has 0 aromatic rings. The van der Waals surface area contributed by atoms with Gasteiger partial charge >= 0.3 is 36.6 Å². The molecule has 0 aromatic heterocycles. The largest absolute Gasteiger partial charge is 0.455 e. The van der Waals surface area contributed by atoms with E-state index in [1.165, 1.54) is 6.92 Å². The fourth-order valence-electron chi connectivity index (χ4n) is 9.73. The second kappa shape index (κ2) is 13.7. The number of ether oxygens (including phenoxy) is 3. The molecule has 52 heavy (non-hydrogen) atoms. The minimum atomic E-state index is -6.52. The third-order valence-corrected chi connectivity index (χ3v) is 11.6. The summed E-state index contributed by atoms with van der Waals surface area (Å²) in [6.45, 7) is 10.7. The molecule has 0 radical (unpaired) electrons. The van der Waals surface area contributed by atoms with Crippen molar-refractivity contribution in [2.75, 3.05) is 0 Å². The van der Waals surface area contributed by atoms with Gasteiger partial charge < -0.3 is 19.3 Å². The van der Waals surface area contributed by atoms with Crippen molar-refractivity contribution >= 4 is 11.9 Å². The van der Waals surface area contributed by atoms with Crippen LogP contribution in [0.5, 0.6) is 0 Å². The van der Waals surface area contributed by atoms with Crippen LogP contribution in [0.1, 0.15) is 79.1 Å². The van der Waals surface area contributed by atoms with Gasteiger partial charge in [0.1, 0.15) is 0 Å². The standard InChI is InChI=1S/C34H42F12O6/c1-15(2)25(47)50-24(22-11-19-7-8-20(22)10-19)30(33(41,42)43,34(44,45)46)52-23-18(6)13-28(12-17(5)9-21(23)14-28)27(51-26(48)16(3)4)29(49,31(35,36)37)32(38,39)40/h17-24,27,49H,1,3,7-14H2,2,4-6H3. The SMILES string of the molecule is C=C(C)C(=O)OC(C12CC(C)CC(C1)C(OC(C(OC(=O)C(=C)C)C1CC3CCC1C3)(C(F)(F)F)C(F)(F)F)C(C)C2)C(O)(C(F)(F)F)C(F)(F)F. The van der Waals surface area contributed by atoms with Gasteiger partial charge in [0.2, 0.25) is 0 Å². The highest BCUT2D eigenvalue weighted by atomic mass is 19.4. The first-order chi connectivity index (χ1) is 23.4. The zero-order valence-electron chi connectivity index (χ0n) is 28.8. The summed E-state index contributed by atoms with van der Waals surface area (Å²) >= 11 is 0. The van der Waals surface area contributed by atoms with Crippen LogP contribution in [0.4, 0.5) is 52.7 Å². The Bertz CT molecular complexity index is 1370. The van der Waals surface area contributed by atoms with Crippen molar-refractivity contribution in [1.82, 2.24) is 0 Å². The Balaban J connectivity index is 1.89. The van der Waals surface area contributed by atoms with Crippen LogP contribution in [0.15, 0.2) is 24.3 Å². The lowest BCUT2D eigenvalue weighted by Crippen LogP contribution is -2.73. The van der Waals surface area contributed by atoms with Crippen LogP contribution in [0.2, 0.25) is 0 Å². The Morgan fingerprint density at radius 2 is 1.23 bits per heavy atom. The minimum absolute atomic E-state index is 0.150. The van der Waals surface area contributed by atoms with Gasteiger partial charge in [0.15, 0.2) is 12.2 Å². The van der Waals surface area contributed by atoms with Crippen LogP contribution in [-0.2, 0) is 23.8 Å². The van der Waals surface area contributed by atoms with Gasteiger partial charge in [0.05, 0.1) is 6.10 Å². The fraction of sp³-hybridized carbons (Fsp3) is 0.824. The minimum Gasteiger partial charge on any atom is -0.455 e. The summed E-state index contributed by atoms with van der Waals surface area (Å²) in [6, 6.07) is 0. The monoisotopic (exact) mass is 774 g/mol. The van der Waals surface area contributed by atoms with E-state index in [1.807, 2.05) is 0 Å². The van der Waals surface area contributed by atoms with Gasteiger partial charge in [-0.2, -0.15) is 52.7 Å². The number of aliphatic hydroxyl groups is 1. The quantitative estimate of drug-likeness (QED) is 0.136. The van der Waals surface area contributed by atoms with Crippen molar-refractivity contribution in [2.24, 2.45) is 40.9 Å². The second-order valence-electron chi connectivity index (χ2n) is 15.6. The molecule has 4 fully saturated rings. The lowest BCUT2D eigenvalue weighted by molar-refractivity contribution is -0.429. The maximum Gasteiger partial charge on any atom is 0.430 e. The summed E-state index contributed by atoms with van der Waals surface area (Å²) < 4.78 is 194. The highest BCUT2D eigenvalue weighted by Crippen LogP contribution is 2.64. The predicted octanol–water partition coefficient (Wildman–Crippen LogP) is 8.97. The Hall–Kier alpha value is -2.50. The van der Waals surface area contributed by atoms with E-state index < -0.39 is 132 Å². The van der Waals surface area contributed by atoms with Crippen LogP contribution < -0.4 is 0 Å². The number of halogens is 12. The molecule has 10 unspecified atom stereocenters. The van der Waals surface area contributed by atoms with Crippen molar-refractivity contribution in [1.29, 1.82) is 0 Å². The molecular formula is C34H42F12O6. The number of fused-ring (bicyclic) bond motifs is 4. The lowest BCUT2D eigenvalue weighted by Gasteiger charge is -2.59. The zero-order chi connectivity index (χ0) is 39.8. The van der Waals surface area contributed by atoms with Gasteiger partial charge in [0.25, 0.3) is 11.2 Å². The molecule has 4 aliphatic carbocycles. The van der Waals surface area contributed by atoms with Crippen molar-refractivity contribution in [2.45, 2.75) is 133 Å². The molecule has 1 N–H and O–H groups in total. The van der Waals surface area contributed by atoms with Crippen molar-refractivity contribution < 1.29 is 81.6 Å². The average molecular weight is 775 g/mol. The van der Waals surface area contributed by atoms with Crippen molar-refractivity contribution in [3.8, 4) is 0 Å². The molecule has 0 heterocycles. The molecule has 0 amide bonds. The molecule has 4 saturated carbocycles. The second-order valence-corrected chi connectivity index (χ2v) is 15.6. The van der Waals surface area contributed by atoms with E-state index in [0.717, 1.165) is 20.8 Å². The van der Waals surface area contributed by atoms with E-state index in [2.05, 4.69) is 13.2 Å². The number of alkyl halides is 12. The molecule has 0 aliphatic heterocycles. The predicted molar refractivity (Wildman–Crippen MR) is 158 cm³/mol. The van der Waals surface area contributed by atoms with E-state index in [-0.39, 0.29) is 31.6 Å². The fourth-order valence-corrected chi connectivity index (χ4v) is 9.73. The Kier molecular flexibility index (Phi) is 11.1. The highest BCUT2D eigenvalue weighted by Gasteiger charge is 2.82. The lowest BCUT2D eigenvalue weighted by atomic mass is 9.51. The molecule has 0 spiro atoms. The van der Waals surface area contributed by atoms with E-state index in [9.17, 15) is 41.0 Å². The summed E-state index contributed by atoms with van der Waals surface area (Å²) in [5, 5.41) is 10.6. The summed E-state index contributed by atoms with van der Waals surface area (Å²) in [4.78, 5) is 25.3. The van der Waals surface area contributed by atoms with Gasteiger partial charge in [-0.1, -0.05) is 33.4 Å². The number of esters is 2. The van der Waals surface area contributed by atoms with Crippen LogP contribution in [0.25, 0.3) is 0 Å². The summed E-state index contributed by atoms with van der Waals surface area (Å²) in [5.74, 6) is -9.89. The molecule has 4 aliphatic rings. The summed E-state index contributed by atoms with van der Waals surface area (Å²) in [5.41, 5.74) is -14.5. The van der Waals surface area contributed by atoms with E-state index in [1.54, 1.807) is 0 Å². The molecule has 6 nitrogen and oxygen atoms in total. The van der Waals surface area contributed by atoms with Gasteiger partial charge in [-0.15, -0.1) is 0 Å². The van der Waals surface area contributed by atoms with Gasteiger partial charge in [-0.05, 0) is 88.4 Å². The number of hydrogen-bond donors (Lipinski definition) is 1. The van der Waals surface area contributed by atoms with Gasteiger partial charge in [-0.25, -0.2) is 9.59 Å². The van der Waals surface area contributed by atoms with Gasteiger partial charge in [-0.3, -0.25) is 0 Å². The van der Waals surface area contributed by atoms with Gasteiger partial charge in [0, 0.05) is 22.5 Å². The van der Waals surface area contributed by atoms with Crippen molar-refractivity contribution in [3.63, 3.8) is 0 Å². The number of hydrogen-bond acceptors (Lipinski definition) is 6. The van der Waals surface area contributed by atoms with E-state index >= 15 is 26.3 Å². The first kappa shape index (κ1) is 42.2. The van der Waals surface area contributed by atoms with E-state index in [0.29, 0.717) is 6.42 Å². The molecule has 4 rings (SSSR count). The molecule has 0 aromatic carbocycles. The third-order valence-electron chi connectivity index (χ3n) is 11.6. The van der Waals surface area contributed by atoms with Crippen LogP contribution in [0.3, 0.4) is 0 Å². The van der Waals surface area contributed by atoms with Crippen LogP contribution in [-0.4, -0.2) is 71.3 Å². The smallest absolute Gasteiger partial charge is 0.430 e. The number of carbonyl (C=O) groups excluding carboxylic acids is 2.